The molecule has 5 nitrogen and oxygen atoms in total. The highest BCUT2D eigenvalue weighted by molar-refractivity contribution is 6.19. The largest absolute Gasteiger partial charge is 0.416 e. The van der Waals surface area contributed by atoms with Crippen molar-refractivity contribution in [3.8, 4) is 0 Å². The summed E-state index contributed by atoms with van der Waals surface area (Å²) in [7, 11) is 1.47. The quantitative estimate of drug-likeness (QED) is 0.801. The van der Waals surface area contributed by atoms with Gasteiger partial charge in [-0.05, 0) is 24.3 Å². The van der Waals surface area contributed by atoms with Crippen LogP contribution < -0.4 is 4.90 Å². The number of rotatable bonds is 4. The molecule has 21 heavy (non-hydrogen) atoms. The summed E-state index contributed by atoms with van der Waals surface area (Å²) in [5.74, 6) is -0.476. The molecule has 0 spiro atoms. The lowest BCUT2D eigenvalue weighted by Gasteiger charge is -2.17. The van der Waals surface area contributed by atoms with Crippen LogP contribution in [0.15, 0.2) is 24.3 Å². The summed E-state index contributed by atoms with van der Waals surface area (Å²) >= 11 is 0. The van der Waals surface area contributed by atoms with Crippen molar-refractivity contribution < 1.29 is 27.5 Å². The van der Waals surface area contributed by atoms with Crippen LogP contribution in [0.3, 0.4) is 0 Å². The Labute approximate surface area is 118 Å². The van der Waals surface area contributed by atoms with Crippen molar-refractivity contribution in [3.05, 3.63) is 29.8 Å². The average Bonchev–Trinajstić information content (AvgIpc) is 2.70. The number of anilines is 1. The number of carbonyl (C=O) groups is 2. The van der Waals surface area contributed by atoms with Gasteiger partial charge in [-0.2, -0.15) is 13.2 Å². The number of hydrogen-bond donors (Lipinski definition) is 0. The molecule has 0 aliphatic carbocycles. The molecule has 2 rings (SSSR count). The third-order valence-corrected chi connectivity index (χ3v) is 3.06. The van der Waals surface area contributed by atoms with E-state index >= 15 is 0 Å². The summed E-state index contributed by atoms with van der Waals surface area (Å²) in [6, 6.07) is 3.34. The number of alkyl halides is 3. The zero-order valence-electron chi connectivity index (χ0n) is 11.2. The maximum absolute atomic E-state index is 12.5. The van der Waals surface area contributed by atoms with Crippen LogP contribution in [0.2, 0.25) is 0 Å². The minimum absolute atomic E-state index is 0.108. The third kappa shape index (κ3) is 3.15. The maximum Gasteiger partial charge on any atom is 0.416 e. The number of carbonyl (C=O) groups excluding carboxylic acids is 2. The minimum Gasteiger partial charge on any atom is -0.383 e. The number of imide groups is 1. The molecule has 0 unspecified atom stereocenters. The van der Waals surface area contributed by atoms with Crippen molar-refractivity contribution in [2.45, 2.75) is 6.18 Å². The molecule has 0 atom stereocenters. The smallest absolute Gasteiger partial charge is 0.383 e. The first-order valence-electron chi connectivity index (χ1n) is 6.12. The first-order valence-corrected chi connectivity index (χ1v) is 6.12. The van der Waals surface area contributed by atoms with Crippen LogP contribution in [-0.2, 0) is 15.7 Å². The fourth-order valence-electron chi connectivity index (χ4n) is 1.98. The van der Waals surface area contributed by atoms with E-state index in [2.05, 4.69) is 0 Å². The summed E-state index contributed by atoms with van der Waals surface area (Å²) < 4.78 is 42.3. The molecule has 0 bridgehead atoms. The molecule has 0 N–H and O–H groups in total. The van der Waals surface area contributed by atoms with Crippen LogP contribution in [0.5, 0.6) is 0 Å². The molecule has 0 radical (unpaired) electrons. The second-order valence-electron chi connectivity index (χ2n) is 4.47. The van der Waals surface area contributed by atoms with Crippen LogP contribution >= 0.6 is 0 Å². The van der Waals surface area contributed by atoms with Crippen molar-refractivity contribution >= 4 is 17.6 Å². The summed E-state index contributed by atoms with van der Waals surface area (Å²) in [6.45, 7) is 0.418. The van der Waals surface area contributed by atoms with E-state index in [1.54, 1.807) is 0 Å². The van der Waals surface area contributed by atoms with Gasteiger partial charge in [0.25, 0.3) is 5.91 Å². The van der Waals surface area contributed by atoms with Gasteiger partial charge in [-0.25, -0.2) is 9.69 Å². The van der Waals surface area contributed by atoms with Crippen molar-refractivity contribution in [1.29, 1.82) is 0 Å². The van der Waals surface area contributed by atoms with Gasteiger partial charge in [-0.1, -0.05) is 0 Å². The van der Waals surface area contributed by atoms with Gasteiger partial charge in [0.05, 0.1) is 17.9 Å². The predicted molar refractivity (Wildman–Crippen MR) is 67.8 cm³/mol. The van der Waals surface area contributed by atoms with E-state index in [-0.39, 0.29) is 25.4 Å². The fourth-order valence-corrected chi connectivity index (χ4v) is 1.98. The normalized spacial score (nSPS) is 16.0. The number of urea groups is 1. The van der Waals surface area contributed by atoms with Gasteiger partial charge in [-0.15, -0.1) is 0 Å². The number of methoxy groups -OCH3 is 1. The summed E-state index contributed by atoms with van der Waals surface area (Å²) in [4.78, 5) is 26.1. The van der Waals surface area contributed by atoms with Gasteiger partial charge in [0.1, 0.15) is 6.54 Å². The van der Waals surface area contributed by atoms with Gasteiger partial charge in [-0.3, -0.25) is 4.79 Å². The van der Waals surface area contributed by atoms with E-state index in [0.29, 0.717) is 0 Å². The summed E-state index contributed by atoms with van der Waals surface area (Å²) in [5.41, 5.74) is -0.709. The lowest BCUT2D eigenvalue weighted by Crippen LogP contribution is -2.34. The monoisotopic (exact) mass is 302 g/mol. The number of amides is 3. The van der Waals surface area contributed by atoms with Crippen LogP contribution in [-0.4, -0.2) is 43.6 Å². The van der Waals surface area contributed by atoms with Gasteiger partial charge in [0.2, 0.25) is 0 Å². The van der Waals surface area contributed by atoms with Crippen molar-refractivity contribution in [1.82, 2.24) is 4.90 Å². The minimum atomic E-state index is -4.46. The molecule has 114 valence electrons. The van der Waals surface area contributed by atoms with Crippen LogP contribution in [0.1, 0.15) is 5.56 Å². The van der Waals surface area contributed by atoms with E-state index < -0.39 is 23.7 Å². The molecule has 3 amide bonds. The second-order valence-corrected chi connectivity index (χ2v) is 4.47. The third-order valence-electron chi connectivity index (χ3n) is 3.06. The van der Waals surface area contributed by atoms with E-state index in [0.717, 1.165) is 29.2 Å². The molecule has 1 fully saturated rings. The van der Waals surface area contributed by atoms with Crippen LogP contribution in [0.25, 0.3) is 0 Å². The molecule has 1 saturated heterocycles. The number of halogens is 3. The van der Waals surface area contributed by atoms with Gasteiger partial charge >= 0.3 is 12.2 Å². The van der Waals surface area contributed by atoms with Gasteiger partial charge in [0, 0.05) is 13.7 Å². The maximum atomic E-state index is 12.5. The number of nitrogens with zero attached hydrogens (tertiary/aromatic N) is 2. The Kier molecular flexibility index (Phi) is 4.17. The van der Waals surface area contributed by atoms with E-state index in [1.165, 1.54) is 12.0 Å². The highest BCUT2D eigenvalue weighted by atomic mass is 19.4. The number of ether oxygens (including phenoxy) is 1. The van der Waals surface area contributed by atoms with Crippen molar-refractivity contribution in [2.75, 3.05) is 31.7 Å². The molecular weight excluding hydrogens is 289 g/mol. The SMILES string of the molecule is COCCN1CC(=O)N(c2ccc(C(F)(F)F)cc2)C1=O. The Balaban J connectivity index is 2.18. The Morgan fingerprint density at radius 1 is 1.19 bits per heavy atom. The molecule has 0 aromatic heterocycles. The molecule has 1 aliphatic heterocycles. The highest BCUT2D eigenvalue weighted by Crippen LogP contribution is 2.31. The molecule has 1 aromatic carbocycles. The molecule has 1 aliphatic rings. The van der Waals surface area contributed by atoms with E-state index in [4.69, 9.17) is 4.74 Å². The lowest BCUT2D eigenvalue weighted by atomic mass is 10.2. The zero-order chi connectivity index (χ0) is 15.6. The Bertz CT molecular complexity index is 543. The van der Waals surface area contributed by atoms with E-state index in [1.807, 2.05) is 0 Å². The van der Waals surface area contributed by atoms with Gasteiger partial charge in [0.15, 0.2) is 0 Å². The zero-order valence-corrected chi connectivity index (χ0v) is 11.2. The molecule has 8 heteroatoms. The van der Waals surface area contributed by atoms with Gasteiger partial charge < -0.3 is 9.64 Å². The molecule has 1 aromatic rings. The van der Waals surface area contributed by atoms with Crippen LogP contribution in [0, 0.1) is 0 Å². The number of hydrogen-bond acceptors (Lipinski definition) is 3. The lowest BCUT2D eigenvalue weighted by molar-refractivity contribution is -0.137. The highest BCUT2D eigenvalue weighted by Gasteiger charge is 2.37. The predicted octanol–water partition coefficient (Wildman–Crippen LogP) is 2.12. The van der Waals surface area contributed by atoms with E-state index in [9.17, 15) is 22.8 Å². The summed E-state index contributed by atoms with van der Waals surface area (Å²) in [5, 5.41) is 0. The second kappa shape index (κ2) is 5.72. The van der Waals surface area contributed by atoms with Crippen molar-refractivity contribution in [3.63, 3.8) is 0 Å². The summed E-state index contributed by atoms with van der Waals surface area (Å²) in [6.07, 6.45) is -4.46. The number of benzene rings is 1. The Hall–Kier alpha value is -2.09. The van der Waals surface area contributed by atoms with Crippen LogP contribution in [0.4, 0.5) is 23.7 Å². The topological polar surface area (TPSA) is 49.9 Å². The molecule has 0 saturated carbocycles. The molecular formula is C13H13F3N2O3. The first kappa shape index (κ1) is 15.3. The Morgan fingerprint density at radius 3 is 2.33 bits per heavy atom. The Morgan fingerprint density at radius 2 is 1.81 bits per heavy atom. The average molecular weight is 302 g/mol. The van der Waals surface area contributed by atoms with Crippen molar-refractivity contribution in [2.24, 2.45) is 0 Å². The fraction of sp³-hybridized carbons (Fsp3) is 0.385. The molecule has 1 heterocycles. The standard InChI is InChI=1S/C13H13F3N2O3/c1-21-7-6-17-8-11(19)18(12(17)20)10-4-2-9(3-5-10)13(14,15)16/h2-5H,6-8H2,1H3. The first-order chi connectivity index (χ1) is 9.84.